The zero-order chi connectivity index (χ0) is 17.4. The highest BCUT2D eigenvalue weighted by Gasteiger charge is 2.60. The smallest absolute Gasteiger partial charge is 0.243 e. The number of carbonyl (C=O) groups excluding carboxylic acids is 1. The van der Waals surface area contributed by atoms with Gasteiger partial charge in [-0.2, -0.15) is 0 Å². The first-order valence-corrected chi connectivity index (χ1v) is 8.74. The third-order valence-electron chi connectivity index (χ3n) is 4.91. The summed E-state index contributed by atoms with van der Waals surface area (Å²) in [6.07, 6.45) is 5.46. The Kier molecular flexibility index (Phi) is 3.92. The maximum atomic E-state index is 13.0. The molecule has 6 nitrogen and oxygen atoms in total. The van der Waals surface area contributed by atoms with E-state index in [2.05, 4.69) is 16.9 Å². The Morgan fingerprint density at radius 2 is 2.04 bits per heavy atom. The number of amides is 1. The molecule has 6 heteroatoms. The molecule has 1 aromatic heterocycles. The summed E-state index contributed by atoms with van der Waals surface area (Å²) in [6.45, 7) is 2.57. The summed E-state index contributed by atoms with van der Waals surface area (Å²) in [4.78, 5) is 23.2. The van der Waals surface area contributed by atoms with Gasteiger partial charge >= 0.3 is 0 Å². The SMILES string of the molecule is CCCCOc1ccc(N2C(=O)C3(CC3)c3cnc(CO)nc32)cc1. The molecule has 1 amide bonds. The first kappa shape index (κ1) is 16.0. The summed E-state index contributed by atoms with van der Waals surface area (Å²) in [5, 5.41) is 9.33. The third-order valence-corrected chi connectivity index (χ3v) is 4.91. The molecule has 2 heterocycles. The van der Waals surface area contributed by atoms with Crippen molar-refractivity contribution in [2.45, 2.75) is 44.6 Å². The van der Waals surface area contributed by atoms with E-state index in [1.807, 2.05) is 24.3 Å². The number of aliphatic hydroxyl groups is 1. The Bertz CT molecular complexity index is 800. The maximum Gasteiger partial charge on any atom is 0.243 e. The minimum Gasteiger partial charge on any atom is -0.494 e. The monoisotopic (exact) mass is 339 g/mol. The highest BCUT2D eigenvalue weighted by atomic mass is 16.5. The Morgan fingerprint density at radius 1 is 1.28 bits per heavy atom. The lowest BCUT2D eigenvalue weighted by molar-refractivity contribution is -0.119. The normalized spacial score (nSPS) is 17.0. The average Bonchev–Trinajstić information content (AvgIpc) is 3.40. The van der Waals surface area contributed by atoms with E-state index in [4.69, 9.17) is 4.74 Å². The lowest BCUT2D eigenvalue weighted by atomic mass is 10.0. The fourth-order valence-corrected chi connectivity index (χ4v) is 3.29. The number of ether oxygens (including phenoxy) is 1. The van der Waals surface area contributed by atoms with E-state index in [0.29, 0.717) is 18.2 Å². The van der Waals surface area contributed by atoms with Gasteiger partial charge in [0.15, 0.2) is 5.82 Å². The van der Waals surface area contributed by atoms with Crippen LogP contribution in [0.15, 0.2) is 30.5 Å². The van der Waals surface area contributed by atoms with Crippen LogP contribution in [0.3, 0.4) is 0 Å². The van der Waals surface area contributed by atoms with Gasteiger partial charge in [0.05, 0.1) is 17.7 Å². The van der Waals surface area contributed by atoms with Crippen LogP contribution < -0.4 is 9.64 Å². The van der Waals surface area contributed by atoms with Gasteiger partial charge in [-0.3, -0.25) is 9.69 Å². The molecule has 0 radical (unpaired) electrons. The van der Waals surface area contributed by atoms with Gasteiger partial charge in [-0.25, -0.2) is 9.97 Å². The van der Waals surface area contributed by atoms with Crippen molar-refractivity contribution in [2.75, 3.05) is 11.5 Å². The fraction of sp³-hybridized carbons (Fsp3) is 0.421. The van der Waals surface area contributed by atoms with Crippen LogP contribution in [-0.4, -0.2) is 27.6 Å². The van der Waals surface area contributed by atoms with Crippen LogP contribution in [0.4, 0.5) is 11.5 Å². The van der Waals surface area contributed by atoms with Crippen LogP contribution in [0.1, 0.15) is 44.0 Å². The molecule has 1 fully saturated rings. The Labute approximate surface area is 146 Å². The highest BCUT2D eigenvalue weighted by molar-refractivity contribution is 6.13. The quantitative estimate of drug-likeness (QED) is 0.819. The van der Waals surface area contributed by atoms with Crippen LogP contribution in [0, 0.1) is 0 Å². The number of nitrogens with zero attached hydrogens (tertiary/aromatic N) is 3. The second-order valence-corrected chi connectivity index (χ2v) is 6.60. The molecule has 130 valence electrons. The van der Waals surface area contributed by atoms with Crippen molar-refractivity contribution in [2.24, 2.45) is 0 Å². The van der Waals surface area contributed by atoms with E-state index in [1.165, 1.54) is 0 Å². The molecule has 4 rings (SSSR count). The van der Waals surface area contributed by atoms with Crippen molar-refractivity contribution in [1.29, 1.82) is 0 Å². The van der Waals surface area contributed by atoms with Crippen LogP contribution >= 0.6 is 0 Å². The summed E-state index contributed by atoms with van der Waals surface area (Å²) >= 11 is 0. The first-order chi connectivity index (χ1) is 12.2. The van der Waals surface area contributed by atoms with Crippen molar-refractivity contribution in [3.05, 3.63) is 41.9 Å². The minimum atomic E-state index is -0.459. The van der Waals surface area contributed by atoms with Crippen LogP contribution in [0.5, 0.6) is 5.75 Å². The van der Waals surface area contributed by atoms with Gasteiger partial charge in [-0.1, -0.05) is 13.3 Å². The molecule has 0 bridgehead atoms. The first-order valence-electron chi connectivity index (χ1n) is 8.74. The summed E-state index contributed by atoms with van der Waals surface area (Å²) in [7, 11) is 0. The molecule has 1 aliphatic carbocycles. The molecule has 0 saturated heterocycles. The molecule has 1 aromatic carbocycles. The van der Waals surface area contributed by atoms with E-state index in [9.17, 15) is 9.90 Å². The largest absolute Gasteiger partial charge is 0.494 e. The third kappa shape index (κ3) is 2.57. The number of aromatic nitrogens is 2. The van der Waals surface area contributed by atoms with Crippen LogP contribution in [0.25, 0.3) is 0 Å². The molecule has 2 aromatic rings. The van der Waals surface area contributed by atoms with Crippen molar-refractivity contribution in [1.82, 2.24) is 9.97 Å². The maximum absolute atomic E-state index is 13.0. The number of anilines is 2. The van der Waals surface area contributed by atoms with Gasteiger partial charge in [0.1, 0.15) is 18.2 Å². The molecular weight excluding hydrogens is 318 g/mol. The van der Waals surface area contributed by atoms with Gasteiger partial charge in [0.25, 0.3) is 0 Å². The Hall–Kier alpha value is -2.47. The molecule has 1 saturated carbocycles. The summed E-state index contributed by atoms with van der Waals surface area (Å²) in [5.41, 5.74) is 1.18. The van der Waals surface area contributed by atoms with Gasteiger partial charge in [-0.15, -0.1) is 0 Å². The number of fused-ring (bicyclic) bond motifs is 2. The standard InChI is InChI=1S/C19H21N3O3/c1-2-3-10-25-14-6-4-13(5-7-14)22-17-15(11-20-16(12-23)21-17)19(8-9-19)18(22)24/h4-7,11,23H,2-3,8-10,12H2,1H3. The van der Waals surface area contributed by atoms with E-state index in [-0.39, 0.29) is 12.5 Å². The van der Waals surface area contributed by atoms with Crippen molar-refractivity contribution >= 4 is 17.4 Å². The van der Waals surface area contributed by atoms with Gasteiger partial charge in [0, 0.05) is 11.8 Å². The second-order valence-electron chi connectivity index (χ2n) is 6.60. The van der Waals surface area contributed by atoms with E-state index < -0.39 is 5.41 Å². The van der Waals surface area contributed by atoms with Crippen molar-refractivity contribution < 1.29 is 14.6 Å². The van der Waals surface area contributed by atoms with Crippen LogP contribution in [-0.2, 0) is 16.8 Å². The number of aliphatic hydroxyl groups excluding tert-OH is 1. The Morgan fingerprint density at radius 3 is 2.68 bits per heavy atom. The van der Waals surface area contributed by atoms with Gasteiger partial charge in [-0.05, 0) is 43.5 Å². The highest BCUT2D eigenvalue weighted by Crippen LogP contribution is 2.58. The van der Waals surface area contributed by atoms with E-state index in [1.54, 1.807) is 11.1 Å². The predicted molar refractivity (Wildman–Crippen MR) is 92.9 cm³/mol. The Balaban J connectivity index is 1.65. The number of hydrogen-bond acceptors (Lipinski definition) is 5. The van der Waals surface area contributed by atoms with Crippen LogP contribution in [0.2, 0.25) is 0 Å². The lowest BCUT2D eigenvalue weighted by Gasteiger charge is -2.18. The molecule has 2 aliphatic rings. The molecule has 25 heavy (non-hydrogen) atoms. The molecular formula is C19H21N3O3. The molecule has 0 atom stereocenters. The zero-order valence-corrected chi connectivity index (χ0v) is 14.2. The summed E-state index contributed by atoms with van der Waals surface area (Å²) in [6, 6.07) is 7.52. The number of carbonyl (C=O) groups is 1. The summed E-state index contributed by atoms with van der Waals surface area (Å²) < 4.78 is 5.69. The lowest BCUT2D eigenvalue weighted by Crippen LogP contribution is -2.28. The number of rotatable bonds is 6. The van der Waals surface area contributed by atoms with E-state index in [0.717, 1.165) is 42.7 Å². The number of hydrogen-bond donors (Lipinski definition) is 1. The van der Waals surface area contributed by atoms with Gasteiger partial charge in [0.2, 0.25) is 5.91 Å². The summed E-state index contributed by atoms with van der Waals surface area (Å²) in [5.74, 6) is 1.77. The van der Waals surface area contributed by atoms with Crippen molar-refractivity contribution in [3.8, 4) is 5.75 Å². The number of benzene rings is 1. The van der Waals surface area contributed by atoms with Crippen molar-refractivity contribution in [3.63, 3.8) is 0 Å². The van der Waals surface area contributed by atoms with E-state index >= 15 is 0 Å². The van der Waals surface area contributed by atoms with Gasteiger partial charge < -0.3 is 9.84 Å². The minimum absolute atomic E-state index is 0.0477. The topological polar surface area (TPSA) is 75.5 Å². The predicted octanol–water partition coefficient (Wildman–Crippen LogP) is 2.86. The number of unbranched alkanes of at least 4 members (excludes halogenated alkanes) is 1. The molecule has 1 spiro atoms. The molecule has 0 unspecified atom stereocenters. The zero-order valence-electron chi connectivity index (χ0n) is 14.2. The molecule has 1 aliphatic heterocycles. The second kappa shape index (κ2) is 6.11. The fourth-order valence-electron chi connectivity index (χ4n) is 3.29. The molecule has 1 N–H and O–H groups in total. The average molecular weight is 339 g/mol.